The van der Waals surface area contributed by atoms with Gasteiger partial charge in [-0.05, 0) is 25.1 Å². The van der Waals surface area contributed by atoms with Crippen LogP contribution < -0.4 is 5.32 Å². The molecule has 29 heavy (non-hydrogen) atoms. The second kappa shape index (κ2) is 7.80. The van der Waals surface area contributed by atoms with E-state index in [2.05, 4.69) is 15.5 Å². The molecule has 2 aromatic heterocycles. The Morgan fingerprint density at radius 2 is 2.00 bits per heavy atom. The number of rotatable bonds is 5. The molecule has 0 radical (unpaired) electrons. The lowest BCUT2D eigenvalue weighted by atomic mass is 10.1. The van der Waals surface area contributed by atoms with Crippen LogP contribution >= 0.6 is 11.3 Å². The smallest absolute Gasteiger partial charge is 0.344 e. The van der Waals surface area contributed by atoms with Crippen molar-refractivity contribution < 1.29 is 23.2 Å². The maximum Gasteiger partial charge on any atom is 0.344 e. The van der Waals surface area contributed by atoms with Crippen molar-refractivity contribution in [1.29, 1.82) is 0 Å². The Hall–Kier alpha value is -3.59. The fraction of sp³-hybridized carbons (Fsp3) is 0.100. The number of carbonyl (C=O) groups is 2. The number of amides is 1. The molecule has 4 aromatic rings. The van der Waals surface area contributed by atoms with E-state index in [0.29, 0.717) is 27.2 Å². The number of benzene rings is 2. The van der Waals surface area contributed by atoms with Gasteiger partial charge in [-0.3, -0.25) is 10.1 Å². The van der Waals surface area contributed by atoms with Gasteiger partial charge < -0.3 is 9.26 Å². The number of thiazole rings is 1. The van der Waals surface area contributed by atoms with Crippen molar-refractivity contribution in [2.45, 2.75) is 6.92 Å². The highest BCUT2D eigenvalue weighted by Crippen LogP contribution is 2.27. The van der Waals surface area contributed by atoms with Gasteiger partial charge in [0.25, 0.3) is 5.91 Å². The third-order valence-corrected chi connectivity index (χ3v) is 4.98. The van der Waals surface area contributed by atoms with E-state index in [1.165, 1.54) is 18.2 Å². The van der Waals surface area contributed by atoms with Crippen LogP contribution in [0.15, 0.2) is 53.1 Å². The number of nitrogens with one attached hydrogen (secondary N) is 1. The molecule has 0 aliphatic heterocycles. The Kier molecular flexibility index (Phi) is 5.05. The summed E-state index contributed by atoms with van der Waals surface area (Å²) >= 11 is 1.13. The Morgan fingerprint density at radius 1 is 1.21 bits per heavy atom. The van der Waals surface area contributed by atoms with Crippen LogP contribution in [-0.4, -0.2) is 28.6 Å². The summed E-state index contributed by atoms with van der Waals surface area (Å²) in [6.07, 6.45) is 0. The molecular weight excluding hydrogens is 397 g/mol. The van der Waals surface area contributed by atoms with E-state index in [9.17, 15) is 14.0 Å². The van der Waals surface area contributed by atoms with Crippen LogP contribution in [0.5, 0.6) is 0 Å². The van der Waals surface area contributed by atoms with Crippen molar-refractivity contribution in [2.24, 2.45) is 0 Å². The molecule has 0 aliphatic carbocycles. The average molecular weight is 411 g/mol. The van der Waals surface area contributed by atoms with Crippen molar-refractivity contribution in [3.63, 3.8) is 0 Å². The van der Waals surface area contributed by atoms with Crippen molar-refractivity contribution >= 4 is 38.6 Å². The molecule has 0 unspecified atom stereocenters. The highest BCUT2D eigenvalue weighted by Gasteiger charge is 2.23. The number of halogens is 1. The van der Waals surface area contributed by atoms with Crippen molar-refractivity contribution in [3.05, 3.63) is 65.7 Å². The van der Waals surface area contributed by atoms with Gasteiger partial charge in [0.2, 0.25) is 0 Å². The number of hydrogen-bond acceptors (Lipinski definition) is 7. The zero-order valence-electron chi connectivity index (χ0n) is 15.1. The quantitative estimate of drug-likeness (QED) is 0.495. The number of hydrogen-bond donors (Lipinski definition) is 1. The van der Waals surface area contributed by atoms with E-state index in [4.69, 9.17) is 9.26 Å². The largest absolute Gasteiger partial charge is 0.452 e. The van der Waals surface area contributed by atoms with Gasteiger partial charge in [0.1, 0.15) is 22.8 Å². The lowest BCUT2D eigenvalue weighted by molar-refractivity contribution is -0.119. The maximum atomic E-state index is 13.3. The summed E-state index contributed by atoms with van der Waals surface area (Å²) in [5.74, 6) is -1.37. The summed E-state index contributed by atoms with van der Waals surface area (Å²) < 4.78 is 24.1. The molecule has 0 fully saturated rings. The van der Waals surface area contributed by atoms with Crippen LogP contribution in [-0.2, 0) is 9.53 Å². The Labute approximate surface area is 168 Å². The predicted molar refractivity (Wildman–Crippen MR) is 105 cm³/mol. The van der Waals surface area contributed by atoms with Crippen LogP contribution in [0.3, 0.4) is 0 Å². The van der Waals surface area contributed by atoms with Gasteiger partial charge in [-0.15, -0.1) is 0 Å². The number of nitrogens with zero attached hydrogens (tertiary/aromatic N) is 2. The van der Waals surface area contributed by atoms with Gasteiger partial charge in [0, 0.05) is 5.56 Å². The van der Waals surface area contributed by atoms with Crippen molar-refractivity contribution in [3.8, 4) is 11.3 Å². The molecule has 2 heterocycles. The fourth-order valence-corrected chi connectivity index (χ4v) is 3.62. The van der Waals surface area contributed by atoms with E-state index in [0.717, 1.165) is 11.3 Å². The Bertz CT molecular complexity index is 1200. The molecule has 0 spiro atoms. The first-order valence-corrected chi connectivity index (χ1v) is 9.37. The second-order valence-corrected chi connectivity index (χ2v) is 7.11. The van der Waals surface area contributed by atoms with Crippen LogP contribution in [0.4, 0.5) is 9.52 Å². The minimum absolute atomic E-state index is 0.166. The molecule has 9 heteroatoms. The average Bonchev–Trinajstić information content (AvgIpc) is 3.29. The molecule has 0 atom stereocenters. The first-order valence-electron chi connectivity index (χ1n) is 8.56. The van der Waals surface area contributed by atoms with Gasteiger partial charge >= 0.3 is 5.97 Å². The molecule has 4 rings (SSSR count). The van der Waals surface area contributed by atoms with Crippen molar-refractivity contribution in [1.82, 2.24) is 10.1 Å². The minimum Gasteiger partial charge on any atom is -0.452 e. The molecule has 7 nitrogen and oxygen atoms in total. The summed E-state index contributed by atoms with van der Waals surface area (Å²) in [7, 11) is 0. The summed E-state index contributed by atoms with van der Waals surface area (Å²) in [6, 6.07) is 13.2. The number of anilines is 1. The zero-order valence-corrected chi connectivity index (χ0v) is 16.0. The molecule has 2 aromatic carbocycles. The first-order chi connectivity index (χ1) is 14.0. The van der Waals surface area contributed by atoms with Crippen LogP contribution in [0, 0.1) is 12.7 Å². The second-order valence-electron chi connectivity index (χ2n) is 6.08. The van der Waals surface area contributed by atoms with Crippen LogP contribution in [0.25, 0.3) is 21.5 Å². The summed E-state index contributed by atoms with van der Waals surface area (Å²) in [5, 5.41) is 6.75. The molecule has 0 bridgehead atoms. The molecule has 1 amide bonds. The molecule has 146 valence electrons. The number of aryl methyl sites for hydroxylation is 1. The third-order valence-electron chi connectivity index (χ3n) is 4.05. The molecule has 0 saturated heterocycles. The number of fused-ring (bicyclic) bond motifs is 1. The van der Waals surface area contributed by atoms with E-state index in [1.807, 2.05) is 18.2 Å². The lowest BCUT2D eigenvalue weighted by Crippen LogP contribution is -2.21. The van der Waals surface area contributed by atoms with E-state index >= 15 is 0 Å². The van der Waals surface area contributed by atoms with E-state index < -0.39 is 18.5 Å². The van der Waals surface area contributed by atoms with Crippen LogP contribution in [0.2, 0.25) is 0 Å². The summed E-state index contributed by atoms with van der Waals surface area (Å²) in [6.45, 7) is 1.08. The molecule has 0 aliphatic rings. The topological polar surface area (TPSA) is 94.3 Å². The number of carbonyl (C=O) groups excluding carboxylic acids is 2. The predicted octanol–water partition coefficient (Wildman–Crippen LogP) is 4.19. The Morgan fingerprint density at radius 3 is 2.79 bits per heavy atom. The van der Waals surface area contributed by atoms with Crippen LogP contribution in [0.1, 0.15) is 16.1 Å². The monoisotopic (exact) mass is 411 g/mol. The first kappa shape index (κ1) is 18.8. The maximum absolute atomic E-state index is 13.3. The van der Waals surface area contributed by atoms with E-state index in [1.54, 1.807) is 19.1 Å². The van der Waals surface area contributed by atoms with Gasteiger partial charge in [-0.2, -0.15) is 0 Å². The summed E-state index contributed by atoms with van der Waals surface area (Å²) in [4.78, 5) is 28.8. The highest BCUT2D eigenvalue weighted by molar-refractivity contribution is 7.22. The standard InChI is InChI=1S/C20H14FN3O4S/c1-11-17(18(24-28-11)12-5-3-2-4-6-12)19(26)27-10-16(25)23-20-22-14-8-7-13(21)9-15(14)29-20/h2-9H,10H2,1H3,(H,22,23,25). The number of esters is 1. The highest BCUT2D eigenvalue weighted by atomic mass is 32.1. The third kappa shape index (κ3) is 3.99. The Balaban J connectivity index is 1.43. The normalized spacial score (nSPS) is 10.8. The van der Waals surface area contributed by atoms with E-state index in [-0.39, 0.29) is 16.5 Å². The van der Waals surface area contributed by atoms with Gasteiger partial charge in [-0.1, -0.05) is 46.8 Å². The lowest BCUT2D eigenvalue weighted by Gasteiger charge is -2.05. The van der Waals surface area contributed by atoms with Crippen molar-refractivity contribution in [2.75, 3.05) is 11.9 Å². The number of ether oxygens (including phenoxy) is 1. The SMILES string of the molecule is Cc1onc(-c2ccccc2)c1C(=O)OCC(=O)Nc1nc2ccc(F)cc2s1. The molecule has 0 saturated carbocycles. The molecule has 1 N–H and O–H groups in total. The van der Waals surface area contributed by atoms with Gasteiger partial charge in [0.15, 0.2) is 11.7 Å². The summed E-state index contributed by atoms with van der Waals surface area (Å²) in [5.41, 5.74) is 1.78. The van der Waals surface area contributed by atoms with Gasteiger partial charge in [0.05, 0.1) is 10.2 Å². The zero-order chi connectivity index (χ0) is 20.4. The number of aromatic nitrogens is 2. The van der Waals surface area contributed by atoms with Gasteiger partial charge in [-0.25, -0.2) is 14.2 Å². The fourth-order valence-electron chi connectivity index (χ4n) is 2.72. The molecular formula is C20H14FN3O4S. The minimum atomic E-state index is -0.718.